The lowest BCUT2D eigenvalue weighted by Gasteiger charge is -2.10. The Hall–Kier alpha value is -3.73. The van der Waals surface area contributed by atoms with Crippen LogP contribution in [0.15, 0.2) is 72.8 Å². The van der Waals surface area contributed by atoms with E-state index in [-0.39, 0.29) is 18.1 Å². The number of rotatable bonds is 6. The first-order chi connectivity index (χ1) is 14.5. The summed E-state index contributed by atoms with van der Waals surface area (Å²) in [4.78, 5) is 29.4. The summed E-state index contributed by atoms with van der Waals surface area (Å²) < 4.78 is 7.35. The minimum atomic E-state index is -0.604. The van der Waals surface area contributed by atoms with E-state index in [4.69, 9.17) is 4.74 Å². The highest BCUT2D eigenvalue weighted by atomic mass is 16.5. The molecule has 4 rings (SSSR count). The number of aromatic nitrogens is 2. The molecule has 0 aliphatic rings. The molecule has 0 saturated heterocycles. The Morgan fingerprint density at radius 2 is 1.67 bits per heavy atom. The van der Waals surface area contributed by atoms with Gasteiger partial charge in [0.2, 0.25) is 5.78 Å². The quantitative estimate of drug-likeness (QED) is 0.348. The summed E-state index contributed by atoms with van der Waals surface area (Å²) in [6.07, 6.45) is 0. The van der Waals surface area contributed by atoms with Gasteiger partial charge in [-0.3, -0.25) is 4.79 Å². The van der Waals surface area contributed by atoms with Gasteiger partial charge in [0.15, 0.2) is 6.61 Å². The molecular formula is C25H22N2O3. The smallest absolute Gasteiger partial charge is 0.357 e. The molecule has 0 aliphatic heterocycles. The molecule has 0 fully saturated rings. The molecule has 0 radical (unpaired) electrons. The number of carbonyl (C=O) groups is 2. The Labute approximate surface area is 174 Å². The van der Waals surface area contributed by atoms with Crippen molar-refractivity contribution in [1.29, 1.82) is 0 Å². The van der Waals surface area contributed by atoms with Crippen molar-refractivity contribution < 1.29 is 14.3 Å². The van der Waals surface area contributed by atoms with Gasteiger partial charge in [0.1, 0.15) is 5.69 Å². The van der Waals surface area contributed by atoms with E-state index in [1.54, 1.807) is 6.07 Å². The lowest BCUT2D eigenvalue weighted by atomic mass is 10.1. The molecule has 0 bridgehead atoms. The van der Waals surface area contributed by atoms with E-state index >= 15 is 0 Å². The monoisotopic (exact) mass is 398 g/mol. The number of fused-ring (bicyclic) bond motifs is 1. The van der Waals surface area contributed by atoms with Crippen LogP contribution >= 0.6 is 0 Å². The lowest BCUT2D eigenvalue weighted by Crippen LogP contribution is -2.16. The van der Waals surface area contributed by atoms with Gasteiger partial charge in [0.05, 0.1) is 5.52 Å². The number of para-hydroxylation sites is 1. The number of ketones is 1. The summed E-state index contributed by atoms with van der Waals surface area (Å²) in [5.74, 6) is -0.830. The number of ether oxygens (including phenoxy) is 1. The number of pyridine rings is 1. The molecule has 2 aromatic carbocycles. The largest absolute Gasteiger partial charge is 0.453 e. The fraction of sp³-hybridized carbons (Fsp3) is 0.160. The van der Waals surface area contributed by atoms with Gasteiger partial charge in [-0.05, 0) is 37.6 Å². The lowest BCUT2D eigenvalue weighted by molar-refractivity contribution is 0.0469. The number of hydrogen-bond donors (Lipinski definition) is 0. The summed E-state index contributed by atoms with van der Waals surface area (Å²) in [6, 6.07) is 22.9. The molecule has 5 nitrogen and oxygen atoms in total. The normalized spacial score (nSPS) is 10.9. The molecule has 2 aromatic heterocycles. The molecule has 0 spiro atoms. The van der Waals surface area contributed by atoms with Crippen molar-refractivity contribution in [3.8, 4) is 0 Å². The predicted octanol–water partition coefficient (Wildman–Crippen LogP) is 4.74. The Bertz CT molecular complexity index is 1230. The van der Waals surface area contributed by atoms with Crippen molar-refractivity contribution in [2.45, 2.75) is 20.4 Å². The number of carbonyl (C=O) groups excluding carboxylic acids is 2. The van der Waals surface area contributed by atoms with Gasteiger partial charge in [0.25, 0.3) is 0 Å². The van der Waals surface area contributed by atoms with E-state index in [2.05, 4.69) is 21.7 Å². The van der Waals surface area contributed by atoms with Crippen LogP contribution in [0.1, 0.15) is 37.8 Å². The highest BCUT2D eigenvalue weighted by Crippen LogP contribution is 2.18. The second kappa shape index (κ2) is 8.33. The zero-order valence-corrected chi connectivity index (χ0v) is 17.0. The van der Waals surface area contributed by atoms with Crippen LogP contribution in [-0.2, 0) is 11.3 Å². The van der Waals surface area contributed by atoms with E-state index in [1.807, 2.05) is 68.4 Å². The molecule has 0 saturated carbocycles. The van der Waals surface area contributed by atoms with E-state index in [0.29, 0.717) is 17.6 Å². The molecule has 0 aliphatic carbocycles. The minimum absolute atomic E-state index is 0.191. The first-order valence-corrected chi connectivity index (χ1v) is 9.79. The molecule has 4 aromatic rings. The maximum Gasteiger partial charge on any atom is 0.357 e. The van der Waals surface area contributed by atoms with E-state index in [1.165, 1.54) is 0 Å². The van der Waals surface area contributed by atoms with Crippen molar-refractivity contribution in [3.05, 3.63) is 101 Å². The molecule has 0 atom stereocenters. The SMILES string of the molecule is Cc1cc(C(=O)COC(=O)c2ccc3ccccc3n2)c(C)n1Cc1ccccc1. The van der Waals surface area contributed by atoms with Crippen molar-refractivity contribution in [1.82, 2.24) is 9.55 Å². The van der Waals surface area contributed by atoms with Crippen LogP contribution in [-0.4, -0.2) is 27.9 Å². The van der Waals surface area contributed by atoms with Crippen LogP contribution in [0.2, 0.25) is 0 Å². The average molecular weight is 398 g/mol. The highest BCUT2D eigenvalue weighted by Gasteiger charge is 2.18. The molecule has 0 unspecified atom stereocenters. The van der Waals surface area contributed by atoms with Crippen molar-refractivity contribution in [2.24, 2.45) is 0 Å². The van der Waals surface area contributed by atoms with Gasteiger partial charge in [-0.1, -0.05) is 54.6 Å². The standard InChI is InChI=1S/C25H22N2O3/c1-17-14-21(18(2)27(17)15-19-8-4-3-5-9-19)24(28)16-30-25(29)23-13-12-20-10-6-7-11-22(20)26-23/h3-14H,15-16H2,1-2H3. The van der Waals surface area contributed by atoms with Crippen molar-refractivity contribution in [2.75, 3.05) is 6.61 Å². The second-order valence-corrected chi connectivity index (χ2v) is 7.25. The van der Waals surface area contributed by atoms with Gasteiger partial charge in [0, 0.05) is 28.9 Å². The fourth-order valence-electron chi connectivity index (χ4n) is 3.56. The second-order valence-electron chi connectivity index (χ2n) is 7.25. The number of benzene rings is 2. The molecule has 0 amide bonds. The number of Topliss-reactive ketones (excluding diaryl/α,β-unsaturated/α-hetero) is 1. The maximum atomic E-state index is 12.7. The number of esters is 1. The van der Waals surface area contributed by atoms with Gasteiger partial charge in [-0.2, -0.15) is 0 Å². The van der Waals surface area contributed by atoms with Gasteiger partial charge in [-0.25, -0.2) is 9.78 Å². The summed E-state index contributed by atoms with van der Waals surface area (Å²) in [5.41, 5.74) is 4.48. The zero-order valence-electron chi connectivity index (χ0n) is 17.0. The summed E-state index contributed by atoms with van der Waals surface area (Å²) in [5, 5.41) is 0.941. The van der Waals surface area contributed by atoms with Crippen LogP contribution in [0.3, 0.4) is 0 Å². The Morgan fingerprint density at radius 3 is 2.47 bits per heavy atom. The summed E-state index contributed by atoms with van der Waals surface area (Å²) >= 11 is 0. The van der Waals surface area contributed by atoms with Gasteiger partial charge >= 0.3 is 5.97 Å². The van der Waals surface area contributed by atoms with Crippen LogP contribution in [0.4, 0.5) is 0 Å². The third-order valence-electron chi connectivity index (χ3n) is 5.20. The minimum Gasteiger partial charge on any atom is -0.453 e. The third kappa shape index (κ3) is 4.01. The number of hydrogen-bond acceptors (Lipinski definition) is 4. The van der Waals surface area contributed by atoms with Crippen LogP contribution in [0, 0.1) is 13.8 Å². The average Bonchev–Trinajstić information content (AvgIpc) is 3.06. The van der Waals surface area contributed by atoms with Gasteiger partial charge in [-0.15, -0.1) is 0 Å². The van der Waals surface area contributed by atoms with E-state index in [9.17, 15) is 9.59 Å². The fourth-order valence-corrected chi connectivity index (χ4v) is 3.56. The molecule has 30 heavy (non-hydrogen) atoms. The Balaban J connectivity index is 1.46. The van der Waals surface area contributed by atoms with Crippen LogP contribution < -0.4 is 0 Å². The Morgan fingerprint density at radius 1 is 0.933 bits per heavy atom. The molecule has 5 heteroatoms. The summed E-state index contributed by atoms with van der Waals surface area (Å²) in [6.45, 7) is 4.25. The Kier molecular flexibility index (Phi) is 5.44. The highest BCUT2D eigenvalue weighted by molar-refractivity contribution is 6.00. The van der Waals surface area contributed by atoms with Crippen LogP contribution in [0.5, 0.6) is 0 Å². The number of aryl methyl sites for hydroxylation is 1. The molecule has 2 heterocycles. The summed E-state index contributed by atoms with van der Waals surface area (Å²) in [7, 11) is 0. The zero-order chi connectivity index (χ0) is 21.1. The van der Waals surface area contributed by atoms with E-state index in [0.717, 1.165) is 22.3 Å². The van der Waals surface area contributed by atoms with Crippen molar-refractivity contribution >= 4 is 22.7 Å². The number of nitrogens with zero attached hydrogens (tertiary/aromatic N) is 2. The van der Waals surface area contributed by atoms with Crippen molar-refractivity contribution in [3.63, 3.8) is 0 Å². The topological polar surface area (TPSA) is 61.2 Å². The predicted molar refractivity (Wildman–Crippen MR) is 116 cm³/mol. The molecule has 0 N–H and O–H groups in total. The molecule has 150 valence electrons. The first-order valence-electron chi connectivity index (χ1n) is 9.79. The molecular weight excluding hydrogens is 376 g/mol. The van der Waals surface area contributed by atoms with E-state index < -0.39 is 5.97 Å². The van der Waals surface area contributed by atoms with Gasteiger partial charge < -0.3 is 9.30 Å². The maximum absolute atomic E-state index is 12.7. The van der Waals surface area contributed by atoms with Crippen LogP contribution in [0.25, 0.3) is 10.9 Å². The first kappa shape index (κ1) is 19.6. The third-order valence-corrected chi connectivity index (χ3v) is 5.20.